The third-order valence-electron chi connectivity index (χ3n) is 3.33. The smallest absolute Gasteiger partial charge is 0.399 e. The van der Waals surface area contributed by atoms with Crippen molar-refractivity contribution in [2.75, 3.05) is 18.8 Å². The van der Waals surface area contributed by atoms with E-state index in [9.17, 15) is 13.2 Å². The Balaban J connectivity index is 2.21. The lowest BCUT2D eigenvalue weighted by atomic mass is 10.0. The third-order valence-corrected chi connectivity index (χ3v) is 3.33. The van der Waals surface area contributed by atoms with Gasteiger partial charge in [-0.05, 0) is 31.5 Å². The highest BCUT2D eigenvalue weighted by Gasteiger charge is 2.34. The molecule has 0 saturated carbocycles. The van der Waals surface area contributed by atoms with E-state index in [1.165, 1.54) is 12.1 Å². The molecule has 6 heteroatoms. The molecular formula is C14H19F3N2O. The lowest BCUT2D eigenvalue weighted by Crippen LogP contribution is -2.45. The van der Waals surface area contributed by atoms with E-state index in [1.54, 1.807) is 0 Å². The summed E-state index contributed by atoms with van der Waals surface area (Å²) in [4.78, 5) is 1.99. The van der Waals surface area contributed by atoms with E-state index in [0.717, 1.165) is 6.07 Å². The predicted molar refractivity (Wildman–Crippen MR) is 71.1 cm³/mol. The predicted octanol–water partition coefficient (Wildman–Crippen LogP) is 2.90. The second kappa shape index (κ2) is 5.61. The highest BCUT2D eigenvalue weighted by atomic mass is 19.4. The minimum Gasteiger partial charge on any atom is -0.399 e. The summed E-state index contributed by atoms with van der Waals surface area (Å²) in [6.07, 6.45) is -4.32. The first-order valence-corrected chi connectivity index (χ1v) is 6.59. The molecule has 2 atom stereocenters. The van der Waals surface area contributed by atoms with Crippen LogP contribution in [0.3, 0.4) is 0 Å². The van der Waals surface area contributed by atoms with Gasteiger partial charge in [0.1, 0.15) is 0 Å². The van der Waals surface area contributed by atoms with Crippen molar-refractivity contribution in [3.05, 3.63) is 29.3 Å². The molecule has 1 aliphatic heterocycles. The van der Waals surface area contributed by atoms with Crippen LogP contribution in [-0.4, -0.2) is 30.2 Å². The Labute approximate surface area is 116 Å². The quantitative estimate of drug-likeness (QED) is 0.850. The van der Waals surface area contributed by atoms with Crippen LogP contribution in [0.25, 0.3) is 0 Å². The number of nitrogens with two attached hydrogens (primary N) is 1. The summed E-state index contributed by atoms with van der Waals surface area (Å²) in [5, 5.41) is 0. The van der Waals surface area contributed by atoms with Crippen LogP contribution >= 0.6 is 0 Å². The molecule has 1 fully saturated rings. The number of halogens is 3. The van der Waals surface area contributed by atoms with Gasteiger partial charge in [-0.25, -0.2) is 0 Å². The van der Waals surface area contributed by atoms with E-state index >= 15 is 0 Å². The van der Waals surface area contributed by atoms with Gasteiger partial charge in [-0.1, -0.05) is 6.07 Å². The number of ether oxygens (including phenoxy) is 1. The Morgan fingerprint density at radius 1 is 1.25 bits per heavy atom. The van der Waals surface area contributed by atoms with E-state index in [-0.39, 0.29) is 30.0 Å². The van der Waals surface area contributed by atoms with Gasteiger partial charge in [0.15, 0.2) is 0 Å². The number of nitrogen functional groups attached to an aromatic ring is 1. The average Bonchev–Trinajstić information content (AvgIpc) is 2.28. The maximum Gasteiger partial charge on any atom is 0.416 e. The molecule has 1 aromatic rings. The molecule has 112 valence electrons. The topological polar surface area (TPSA) is 38.5 Å². The van der Waals surface area contributed by atoms with Gasteiger partial charge in [0.2, 0.25) is 0 Å². The molecule has 1 aromatic carbocycles. The maximum atomic E-state index is 13.0. The van der Waals surface area contributed by atoms with Gasteiger partial charge >= 0.3 is 6.18 Å². The van der Waals surface area contributed by atoms with Crippen molar-refractivity contribution in [3.63, 3.8) is 0 Å². The molecular weight excluding hydrogens is 269 g/mol. The monoisotopic (exact) mass is 288 g/mol. The van der Waals surface area contributed by atoms with Crippen LogP contribution in [0.1, 0.15) is 25.0 Å². The molecule has 2 rings (SSSR count). The second-order valence-electron chi connectivity index (χ2n) is 5.37. The lowest BCUT2D eigenvalue weighted by Gasteiger charge is -2.35. The first-order chi connectivity index (χ1) is 9.25. The van der Waals surface area contributed by atoms with Crippen LogP contribution in [0.2, 0.25) is 0 Å². The van der Waals surface area contributed by atoms with Crippen molar-refractivity contribution in [2.24, 2.45) is 0 Å². The highest BCUT2D eigenvalue weighted by molar-refractivity contribution is 5.46. The first kappa shape index (κ1) is 15.1. The fourth-order valence-corrected chi connectivity index (χ4v) is 2.65. The molecule has 0 spiro atoms. The molecule has 0 amide bonds. The standard InChI is InChI=1S/C14H19F3N2O/c1-9-6-19(7-10(2)20-9)8-11-3-4-12(18)5-13(11)14(15,16)17/h3-5,9-10H,6-8,18H2,1-2H3. The number of nitrogens with zero attached hydrogens (tertiary/aromatic N) is 1. The molecule has 0 aliphatic carbocycles. The Kier molecular flexibility index (Phi) is 4.25. The Morgan fingerprint density at radius 3 is 2.40 bits per heavy atom. The van der Waals surface area contributed by atoms with Gasteiger partial charge in [-0.3, -0.25) is 4.90 Å². The zero-order valence-corrected chi connectivity index (χ0v) is 11.6. The fourth-order valence-electron chi connectivity index (χ4n) is 2.65. The van der Waals surface area contributed by atoms with Crippen molar-refractivity contribution in [1.82, 2.24) is 4.90 Å². The van der Waals surface area contributed by atoms with Gasteiger partial charge < -0.3 is 10.5 Å². The third kappa shape index (κ3) is 3.64. The molecule has 1 heterocycles. The van der Waals surface area contributed by atoms with Gasteiger partial charge in [0.25, 0.3) is 0 Å². The minimum absolute atomic E-state index is 0.0295. The van der Waals surface area contributed by atoms with Crippen LogP contribution < -0.4 is 5.73 Å². The van der Waals surface area contributed by atoms with E-state index < -0.39 is 11.7 Å². The number of morpholine rings is 1. The number of rotatable bonds is 2. The van der Waals surface area contributed by atoms with Crippen LogP contribution in [-0.2, 0) is 17.5 Å². The largest absolute Gasteiger partial charge is 0.416 e. The van der Waals surface area contributed by atoms with Crippen LogP contribution in [0, 0.1) is 0 Å². The molecule has 1 aliphatic rings. The van der Waals surface area contributed by atoms with Crippen LogP contribution in [0.4, 0.5) is 18.9 Å². The Hall–Kier alpha value is -1.27. The SMILES string of the molecule is CC1CN(Cc2ccc(N)cc2C(F)(F)F)CC(C)O1. The molecule has 0 bridgehead atoms. The Morgan fingerprint density at radius 2 is 1.85 bits per heavy atom. The normalized spacial score (nSPS) is 24.9. The summed E-state index contributed by atoms with van der Waals surface area (Å²) < 4.78 is 44.7. The van der Waals surface area contributed by atoms with Crippen LogP contribution in [0.15, 0.2) is 18.2 Å². The fraction of sp³-hybridized carbons (Fsp3) is 0.571. The Bertz CT molecular complexity index is 466. The zero-order chi connectivity index (χ0) is 14.9. The molecule has 20 heavy (non-hydrogen) atoms. The van der Waals surface area contributed by atoms with E-state index in [1.807, 2.05) is 18.7 Å². The lowest BCUT2D eigenvalue weighted by molar-refractivity contribution is -0.138. The summed E-state index contributed by atoms with van der Waals surface area (Å²) >= 11 is 0. The number of hydrogen-bond donors (Lipinski definition) is 1. The van der Waals surface area contributed by atoms with Crippen molar-refractivity contribution >= 4 is 5.69 Å². The highest BCUT2D eigenvalue weighted by Crippen LogP contribution is 2.34. The van der Waals surface area contributed by atoms with Gasteiger partial charge in [0.05, 0.1) is 17.8 Å². The van der Waals surface area contributed by atoms with Crippen LogP contribution in [0.5, 0.6) is 0 Å². The van der Waals surface area contributed by atoms with E-state index in [4.69, 9.17) is 10.5 Å². The summed E-state index contributed by atoms with van der Waals surface area (Å²) in [6, 6.07) is 3.98. The van der Waals surface area contributed by atoms with Crippen molar-refractivity contribution in [3.8, 4) is 0 Å². The second-order valence-corrected chi connectivity index (χ2v) is 5.37. The summed E-state index contributed by atoms with van der Waals surface area (Å²) in [7, 11) is 0. The molecule has 0 radical (unpaired) electrons. The van der Waals surface area contributed by atoms with Gasteiger partial charge in [-0.2, -0.15) is 13.2 Å². The average molecular weight is 288 g/mol. The number of hydrogen-bond acceptors (Lipinski definition) is 3. The van der Waals surface area contributed by atoms with Crippen molar-refractivity contribution in [1.29, 1.82) is 0 Å². The summed E-state index contributed by atoms with van der Waals surface area (Å²) in [5.74, 6) is 0. The molecule has 0 aromatic heterocycles. The minimum atomic E-state index is -4.38. The van der Waals surface area contributed by atoms with Crippen molar-refractivity contribution in [2.45, 2.75) is 38.8 Å². The summed E-state index contributed by atoms with van der Waals surface area (Å²) in [5.41, 5.74) is 5.21. The van der Waals surface area contributed by atoms with E-state index in [0.29, 0.717) is 13.1 Å². The van der Waals surface area contributed by atoms with Gasteiger partial charge in [-0.15, -0.1) is 0 Å². The summed E-state index contributed by atoms with van der Waals surface area (Å²) in [6.45, 7) is 5.37. The number of anilines is 1. The molecule has 2 unspecified atom stereocenters. The zero-order valence-electron chi connectivity index (χ0n) is 11.6. The molecule has 1 saturated heterocycles. The van der Waals surface area contributed by atoms with Gasteiger partial charge in [0, 0.05) is 25.3 Å². The van der Waals surface area contributed by atoms with E-state index in [2.05, 4.69) is 0 Å². The van der Waals surface area contributed by atoms with Crippen molar-refractivity contribution < 1.29 is 17.9 Å². The number of alkyl halides is 3. The molecule has 2 N–H and O–H groups in total. The first-order valence-electron chi connectivity index (χ1n) is 6.59. The maximum absolute atomic E-state index is 13.0. The number of benzene rings is 1. The molecule has 3 nitrogen and oxygen atoms in total.